The van der Waals surface area contributed by atoms with Crippen molar-refractivity contribution in [2.75, 3.05) is 26.2 Å². The van der Waals surface area contributed by atoms with Crippen LogP contribution in [-0.2, 0) is 4.79 Å². The molecule has 0 bridgehead atoms. The van der Waals surface area contributed by atoms with Crippen LogP contribution in [0.3, 0.4) is 0 Å². The number of carbonyl (C=O) groups is 1. The summed E-state index contributed by atoms with van der Waals surface area (Å²) in [7, 11) is 0. The largest absolute Gasteiger partial charge is 0.341 e. The summed E-state index contributed by atoms with van der Waals surface area (Å²) in [6, 6.07) is 0.523. The zero-order valence-corrected chi connectivity index (χ0v) is 13.9. The van der Waals surface area contributed by atoms with Crippen molar-refractivity contribution >= 4 is 5.91 Å². The topological polar surface area (TPSA) is 23.6 Å². The maximum atomic E-state index is 13.1. The number of piperidine rings is 2. The van der Waals surface area contributed by atoms with Gasteiger partial charge in [0.15, 0.2) is 0 Å². The summed E-state index contributed by atoms with van der Waals surface area (Å²) in [4.78, 5) is 17.3. The highest BCUT2D eigenvalue weighted by molar-refractivity contribution is 5.80. The maximum Gasteiger partial charge on any atom is 0.249 e. The summed E-state index contributed by atoms with van der Waals surface area (Å²) < 4.78 is 26.2. The molecule has 4 aliphatic rings. The van der Waals surface area contributed by atoms with E-state index in [2.05, 4.69) is 4.90 Å². The predicted octanol–water partition coefficient (Wildman–Crippen LogP) is 3.29. The molecule has 130 valence electrons. The van der Waals surface area contributed by atoms with Gasteiger partial charge in [0.1, 0.15) is 0 Å². The second-order valence-electron chi connectivity index (χ2n) is 8.49. The van der Waals surface area contributed by atoms with Crippen molar-refractivity contribution in [2.45, 2.75) is 69.8 Å². The van der Waals surface area contributed by atoms with E-state index in [0.29, 0.717) is 18.9 Å². The molecule has 23 heavy (non-hydrogen) atoms. The molecular formula is C18H28F2N2O. The molecule has 5 heteroatoms. The van der Waals surface area contributed by atoms with Gasteiger partial charge in [0.2, 0.25) is 11.8 Å². The Balaban J connectivity index is 1.29. The van der Waals surface area contributed by atoms with Gasteiger partial charge in [-0.1, -0.05) is 6.42 Å². The van der Waals surface area contributed by atoms with E-state index in [4.69, 9.17) is 0 Å². The molecule has 1 amide bonds. The first-order valence-electron chi connectivity index (χ1n) is 9.37. The highest BCUT2D eigenvalue weighted by atomic mass is 19.3. The third kappa shape index (κ3) is 3.01. The van der Waals surface area contributed by atoms with Crippen LogP contribution in [0.1, 0.15) is 57.8 Å². The van der Waals surface area contributed by atoms with Gasteiger partial charge in [0, 0.05) is 37.9 Å². The first-order valence-corrected chi connectivity index (χ1v) is 9.37. The molecule has 1 atom stereocenters. The fraction of sp³-hybridized carbons (Fsp3) is 0.944. The molecule has 1 unspecified atom stereocenters. The minimum absolute atomic E-state index is 0.0141. The maximum absolute atomic E-state index is 13.1. The molecule has 0 aromatic rings. The van der Waals surface area contributed by atoms with Crippen molar-refractivity contribution in [2.24, 2.45) is 11.3 Å². The van der Waals surface area contributed by atoms with E-state index in [0.717, 1.165) is 19.5 Å². The number of rotatable bonds is 2. The normalized spacial score (nSPS) is 34.0. The molecule has 0 N–H and O–H groups in total. The van der Waals surface area contributed by atoms with Crippen LogP contribution < -0.4 is 0 Å². The summed E-state index contributed by atoms with van der Waals surface area (Å²) in [6.07, 6.45) is 7.61. The number of carbonyl (C=O) groups excluding carboxylic acids is 1. The average Bonchev–Trinajstić information content (AvgIpc) is 2.50. The van der Waals surface area contributed by atoms with Gasteiger partial charge in [-0.25, -0.2) is 8.78 Å². The van der Waals surface area contributed by atoms with Crippen LogP contribution in [0.2, 0.25) is 0 Å². The molecule has 2 aliphatic heterocycles. The Kier molecular flexibility index (Phi) is 3.90. The molecule has 0 aromatic carbocycles. The molecule has 2 saturated carbocycles. The van der Waals surface area contributed by atoms with E-state index in [1.807, 2.05) is 4.90 Å². The molecular weight excluding hydrogens is 298 g/mol. The quantitative estimate of drug-likeness (QED) is 0.777. The summed E-state index contributed by atoms with van der Waals surface area (Å²) in [6.45, 7) is 4.07. The number of alkyl halides is 2. The highest BCUT2D eigenvalue weighted by Crippen LogP contribution is 2.64. The average molecular weight is 326 g/mol. The van der Waals surface area contributed by atoms with Crippen LogP contribution in [0.15, 0.2) is 0 Å². The van der Waals surface area contributed by atoms with E-state index >= 15 is 0 Å². The number of hydrogen-bond acceptors (Lipinski definition) is 2. The van der Waals surface area contributed by atoms with Crippen molar-refractivity contribution in [1.82, 2.24) is 9.80 Å². The Morgan fingerprint density at radius 3 is 2.30 bits per heavy atom. The molecule has 0 radical (unpaired) electrons. The Hall–Kier alpha value is -0.710. The predicted molar refractivity (Wildman–Crippen MR) is 84.4 cm³/mol. The fourth-order valence-corrected chi connectivity index (χ4v) is 5.49. The third-order valence-electron chi connectivity index (χ3n) is 6.59. The van der Waals surface area contributed by atoms with Gasteiger partial charge in [-0.3, -0.25) is 9.69 Å². The van der Waals surface area contributed by atoms with Crippen molar-refractivity contribution in [3.63, 3.8) is 0 Å². The van der Waals surface area contributed by atoms with E-state index in [1.54, 1.807) is 0 Å². The van der Waals surface area contributed by atoms with Gasteiger partial charge in [0.05, 0.1) is 0 Å². The van der Waals surface area contributed by atoms with Crippen LogP contribution in [0, 0.1) is 11.3 Å². The number of hydrogen-bond donors (Lipinski definition) is 0. The smallest absolute Gasteiger partial charge is 0.249 e. The minimum atomic E-state index is -2.46. The van der Waals surface area contributed by atoms with Crippen LogP contribution in [0.25, 0.3) is 0 Å². The first-order chi connectivity index (χ1) is 11.0. The molecule has 0 aromatic heterocycles. The summed E-state index contributed by atoms with van der Waals surface area (Å²) in [5.41, 5.74) is -0.189. The molecule has 2 aliphatic carbocycles. The van der Waals surface area contributed by atoms with Crippen molar-refractivity contribution in [3.05, 3.63) is 0 Å². The van der Waals surface area contributed by atoms with Gasteiger partial charge in [-0.15, -0.1) is 0 Å². The summed E-state index contributed by atoms with van der Waals surface area (Å²) in [5, 5.41) is 0. The lowest BCUT2D eigenvalue weighted by atomic mass is 9.50. The molecule has 4 fully saturated rings. The lowest BCUT2D eigenvalue weighted by molar-refractivity contribution is -0.210. The Morgan fingerprint density at radius 1 is 0.957 bits per heavy atom. The third-order valence-corrected chi connectivity index (χ3v) is 6.59. The second kappa shape index (κ2) is 5.68. The summed E-state index contributed by atoms with van der Waals surface area (Å²) >= 11 is 0. The number of nitrogens with zero attached hydrogens (tertiary/aromatic N) is 2. The Morgan fingerprint density at radius 2 is 1.65 bits per heavy atom. The van der Waals surface area contributed by atoms with Crippen molar-refractivity contribution in [1.29, 1.82) is 0 Å². The van der Waals surface area contributed by atoms with Crippen LogP contribution in [-0.4, -0.2) is 53.9 Å². The second-order valence-corrected chi connectivity index (χ2v) is 8.49. The lowest BCUT2D eigenvalue weighted by Crippen LogP contribution is -2.58. The molecule has 2 saturated heterocycles. The fourth-order valence-electron chi connectivity index (χ4n) is 5.49. The van der Waals surface area contributed by atoms with Gasteiger partial charge < -0.3 is 4.90 Å². The van der Waals surface area contributed by atoms with Crippen molar-refractivity contribution in [3.8, 4) is 0 Å². The number of amides is 1. The van der Waals surface area contributed by atoms with Crippen LogP contribution >= 0.6 is 0 Å². The standard InChI is InChI=1S/C18H28F2N2O/c19-18(20)12-17(13-18)9-14(10-17)16(23)22-8-4-5-15(11-22)21-6-2-1-3-7-21/h14-15H,1-13H2. The minimum Gasteiger partial charge on any atom is -0.341 e. The highest BCUT2D eigenvalue weighted by Gasteiger charge is 2.63. The van der Waals surface area contributed by atoms with E-state index in [9.17, 15) is 13.6 Å². The molecule has 3 nitrogen and oxygen atoms in total. The van der Waals surface area contributed by atoms with Crippen molar-refractivity contribution < 1.29 is 13.6 Å². The molecule has 4 rings (SSSR count). The van der Waals surface area contributed by atoms with Crippen LogP contribution in [0.5, 0.6) is 0 Å². The van der Waals surface area contributed by atoms with Gasteiger partial charge >= 0.3 is 0 Å². The first kappa shape index (κ1) is 15.8. The van der Waals surface area contributed by atoms with Crippen LogP contribution in [0.4, 0.5) is 8.78 Å². The van der Waals surface area contributed by atoms with Gasteiger partial charge in [0.25, 0.3) is 0 Å². The molecule has 2 heterocycles. The van der Waals surface area contributed by atoms with E-state index < -0.39 is 5.92 Å². The zero-order chi connectivity index (χ0) is 16.1. The summed E-state index contributed by atoms with van der Waals surface area (Å²) in [5.74, 6) is -2.20. The zero-order valence-electron chi connectivity index (χ0n) is 13.9. The Bertz CT molecular complexity index is 460. The number of likely N-dealkylation sites (tertiary alicyclic amines) is 2. The lowest BCUT2D eigenvalue weighted by Gasteiger charge is -2.57. The monoisotopic (exact) mass is 326 g/mol. The van der Waals surface area contributed by atoms with Gasteiger partial charge in [-0.2, -0.15) is 0 Å². The SMILES string of the molecule is O=C(C1CC2(C1)CC(F)(F)C2)N1CCCC(N2CCCCC2)C1. The number of halogens is 2. The molecule has 1 spiro atoms. The van der Waals surface area contributed by atoms with E-state index in [1.165, 1.54) is 38.8 Å². The van der Waals surface area contributed by atoms with Gasteiger partial charge in [-0.05, 0) is 57.0 Å². The Labute approximate surface area is 137 Å². The van der Waals surface area contributed by atoms with E-state index in [-0.39, 0.29) is 30.1 Å².